The summed E-state index contributed by atoms with van der Waals surface area (Å²) in [4.78, 5) is 40.6. The summed E-state index contributed by atoms with van der Waals surface area (Å²) in [5.41, 5.74) is 1.61. The van der Waals surface area contributed by atoms with E-state index in [4.69, 9.17) is 14.7 Å². The summed E-state index contributed by atoms with van der Waals surface area (Å²) in [6.45, 7) is 7.10. The molecule has 3 aliphatic heterocycles. The average molecular weight is 506 g/mol. The van der Waals surface area contributed by atoms with Crippen LogP contribution in [0.15, 0.2) is 30.3 Å². The van der Waals surface area contributed by atoms with Crippen molar-refractivity contribution in [3.05, 3.63) is 53.1 Å². The Hall–Kier alpha value is -3.00. The second-order valence-corrected chi connectivity index (χ2v) is 11.5. The van der Waals surface area contributed by atoms with Gasteiger partial charge in [-0.15, -0.1) is 0 Å². The number of aromatic nitrogens is 2. The number of piperidine rings is 1. The minimum Gasteiger partial charge on any atom is -0.496 e. The number of hydrogen-bond donors (Lipinski definition) is 1. The highest BCUT2D eigenvalue weighted by Crippen LogP contribution is 2.44. The molecule has 37 heavy (non-hydrogen) atoms. The Morgan fingerprint density at radius 1 is 1.14 bits per heavy atom. The number of rotatable bonds is 4. The van der Waals surface area contributed by atoms with E-state index in [1.165, 1.54) is 0 Å². The van der Waals surface area contributed by atoms with Gasteiger partial charge in [-0.2, -0.15) is 0 Å². The van der Waals surface area contributed by atoms with Gasteiger partial charge in [-0.3, -0.25) is 9.59 Å². The smallest absolute Gasteiger partial charge is 0.272 e. The number of aryl methyl sites for hydroxylation is 1. The Morgan fingerprint density at radius 2 is 1.89 bits per heavy atom. The first-order chi connectivity index (χ1) is 17.7. The molecule has 3 aliphatic rings. The molecule has 2 amide bonds. The molecule has 1 aromatic carbocycles. The van der Waals surface area contributed by atoms with Gasteiger partial charge < -0.3 is 19.9 Å². The zero-order valence-corrected chi connectivity index (χ0v) is 22.5. The lowest BCUT2D eigenvalue weighted by Gasteiger charge is -2.36. The highest BCUT2D eigenvalue weighted by Gasteiger charge is 2.51. The van der Waals surface area contributed by atoms with Crippen molar-refractivity contribution in [1.82, 2.24) is 25.1 Å². The van der Waals surface area contributed by atoms with Crippen molar-refractivity contribution in [2.75, 3.05) is 40.3 Å². The number of ether oxygens (including phenoxy) is 1. The fourth-order valence-corrected chi connectivity index (χ4v) is 6.37. The molecule has 0 aliphatic carbocycles. The standard InChI is InChI=1S/C29H39N5O3/c1-20-17-23(31-27(30-20)28(2)13-15-33(3)16-14-28)26(36)34-18-22(21-9-5-6-10-24(21)37-4)29(19-34)12-8-7-11-25(35)32-29/h5-6,9-10,17,22H,7-8,11-16,18-19H2,1-4H3,(H,32,35)/t22-,29+/m0/s1. The summed E-state index contributed by atoms with van der Waals surface area (Å²) in [5, 5.41) is 3.35. The molecule has 2 aromatic rings. The summed E-state index contributed by atoms with van der Waals surface area (Å²) in [5.74, 6) is 1.45. The molecular weight excluding hydrogens is 466 g/mol. The predicted octanol–water partition coefficient (Wildman–Crippen LogP) is 3.45. The van der Waals surface area contributed by atoms with E-state index in [0.717, 1.165) is 68.0 Å². The van der Waals surface area contributed by atoms with Crippen LogP contribution in [-0.2, 0) is 10.2 Å². The van der Waals surface area contributed by atoms with Crippen LogP contribution in [0.5, 0.6) is 5.75 Å². The van der Waals surface area contributed by atoms with Gasteiger partial charge in [0, 0.05) is 42.1 Å². The van der Waals surface area contributed by atoms with Gasteiger partial charge in [-0.05, 0) is 64.9 Å². The quantitative estimate of drug-likeness (QED) is 0.685. The fourth-order valence-electron chi connectivity index (χ4n) is 6.37. The number of benzene rings is 1. The molecule has 5 rings (SSSR count). The number of para-hydroxylation sites is 1. The number of carbonyl (C=O) groups is 2. The molecule has 0 bridgehead atoms. The van der Waals surface area contributed by atoms with E-state index in [9.17, 15) is 9.59 Å². The van der Waals surface area contributed by atoms with Crippen LogP contribution in [0.3, 0.4) is 0 Å². The average Bonchev–Trinajstić information content (AvgIpc) is 3.14. The van der Waals surface area contributed by atoms with Gasteiger partial charge in [-0.1, -0.05) is 31.5 Å². The number of carbonyl (C=O) groups excluding carboxylic acids is 2. The van der Waals surface area contributed by atoms with Crippen LogP contribution >= 0.6 is 0 Å². The molecule has 0 unspecified atom stereocenters. The van der Waals surface area contributed by atoms with E-state index in [1.807, 2.05) is 30.0 Å². The lowest BCUT2D eigenvalue weighted by atomic mass is 9.78. The van der Waals surface area contributed by atoms with Crippen LogP contribution in [-0.4, -0.2) is 77.5 Å². The summed E-state index contributed by atoms with van der Waals surface area (Å²) in [6, 6.07) is 9.77. The fraction of sp³-hybridized carbons (Fsp3) is 0.586. The first-order valence-electron chi connectivity index (χ1n) is 13.5. The Kier molecular flexibility index (Phi) is 6.96. The predicted molar refractivity (Wildman–Crippen MR) is 142 cm³/mol. The lowest BCUT2D eigenvalue weighted by molar-refractivity contribution is -0.122. The summed E-state index contributed by atoms with van der Waals surface area (Å²) in [6.07, 6.45) is 5.09. The third-order valence-corrected chi connectivity index (χ3v) is 8.71. The molecule has 1 aromatic heterocycles. The SMILES string of the molecule is COc1ccccc1[C@@H]1CN(C(=O)c2cc(C)nc(C3(C)CCN(C)CC3)n2)C[C@]12CCCCC(=O)N2. The molecule has 3 saturated heterocycles. The minimum atomic E-state index is -0.525. The van der Waals surface area contributed by atoms with Gasteiger partial charge in [0.05, 0.1) is 12.6 Å². The third-order valence-electron chi connectivity index (χ3n) is 8.71. The van der Waals surface area contributed by atoms with Gasteiger partial charge in [0.25, 0.3) is 5.91 Å². The molecular formula is C29H39N5O3. The van der Waals surface area contributed by atoms with Crippen molar-refractivity contribution in [3.63, 3.8) is 0 Å². The second-order valence-electron chi connectivity index (χ2n) is 11.5. The maximum Gasteiger partial charge on any atom is 0.272 e. The van der Waals surface area contributed by atoms with Gasteiger partial charge in [0.2, 0.25) is 5.91 Å². The van der Waals surface area contributed by atoms with Crippen LogP contribution in [0.1, 0.15) is 78.9 Å². The Bertz CT molecular complexity index is 1180. The number of hydrogen-bond acceptors (Lipinski definition) is 6. The van der Waals surface area contributed by atoms with Crippen molar-refractivity contribution in [2.24, 2.45) is 0 Å². The minimum absolute atomic E-state index is 0.0575. The summed E-state index contributed by atoms with van der Waals surface area (Å²) in [7, 11) is 3.81. The van der Waals surface area contributed by atoms with Gasteiger partial charge in [0.15, 0.2) is 0 Å². The first-order valence-corrected chi connectivity index (χ1v) is 13.5. The molecule has 0 saturated carbocycles. The van der Waals surface area contributed by atoms with E-state index < -0.39 is 5.54 Å². The second kappa shape index (κ2) is 10.0. The van der Waals surface area contributed by atoms with E-state index in [-0.39, 0.29) is 23.1 Å². The van der Waals surface area contributed by atoms with Crippen molar-refractivity contribution < 1.29 is 14.3 Å². The molecule has 1 N–H and O–H groups in total. The highest BCUT2D eigenvalue weighted by atomic mass is 16.5. The zero-order chi connectivity index (χ0) is 26.2. The van der Waals surface area contributed by atoms with Crippen molar-refractivity contribution in [2.45, 2.75) is 69.2 Å². The Labute approximate surface area is 219 Å². The molecule has 3 fully saturated rings. The zero-order valence-electron chi connectivity index (χ0n) is 22.5. The molecule has 8 nitrogen and oxygen atoms in total. The molecule has 4 heterocycles. The number of methoxy groups -OCH3 is 1. The maximum atomic E-state index is 14.0. The number of amides is 2. The van der Waals surface area contributed by atoms with Crippen molar-refractivity contribution in [1.29, 1.82) is 0 Å². The topological polar surface area (TPSA) is 87.7 Å². The Balaban J connectivity index is 1.49. The largest absolute Gasteiger partial charge is 0.496 e. The third kappa shape index (κ3) is 4.96. The van der Waals surface area contributed by atoms with E-state index >= 15 is 0 Å². The summed E-state index contributed by atoms with van der Waals surface area (Å²) < 4.78 is 5.71. The molecule has 0 radical (unpaired) electrons. The maximum absolute atomic E-state index is 14.0. The monoisotopic (exact) mass is 505 g/mol. The van der Waals surface area contributed by atoms with Crippen molar-refractivity contribution >= 4 is 11.8 Å². The molecule has 1 spiro atoms. The lowest BCUT2D eigenvalue weighted by Crippen LogP contribution is -2.53. The number of likely N-dealkylation sites (tertiary alicyclic amines) is 2. The summed E-state index contributed by atoms with van der Waals surface area (Å²) >= 11 is 0. The van der Waals surface area contributed by atoms with Gasteiger partial charge in [0.1, 0.15) is 17.3 Å². The van der Waals surface area contributed by atoms with Crippen molar-refractivity contribution in [3.8, 4) is 5.75 Å². The van der Waals surface area contributed by atoms with Crippen LogP contribution in [0.4, 0.5) is 0 Å². The molecule has 8 heteroatoms. The highest BCUT2D eigenvalue weighted by molar-refractivity contribution is 5.93. The van der Waals surface area contributed by atoms with E-state index in [2.05, 4.69) is 30.3 Å². The Morgan fingerprint density at radius 3 is 2.65 bits per heavy atom. The van der Waals surface area contributed by atoms with Crippen LogP contribution in [0, 0.1) is 6.92 Å². The van der Waals surface area contributed by atoms with Crippen LogP contribution < -0.4 is 10.1 Å². The number of nitrogens with zero attached hydrogens (tertiary/aromatic N) is 4. The van der Waals surface area contributed by atoms with Crippen LogP contribution in [0.25, 0.3) is 0 Å². The van der Waals surface area contributed by atoms with Gasteiger partial charge in [-0.25, -0.2) is 9.97 Å². The first kappa shape index (κ1) is 25.6. The number of nitrogens with one attached hydrogen (secondary N) is 1. The van der Waals surface area contributed by atoms with Crippen LogP contribution in [0.2, 0.25) is 0 Å². The normalized spacial score (nSPS) is 26.1. The molecule has 2 atom stereocenters. The van der Waals surface area contributed by atoms with Gasteiger partial charge >= 0.3 is 0 Å². The van der Waals surface area contributed by atoms with E-state index in [1.54, 1.807) is 13.2 Å². The molecule has 198 valence electrons. The van der Waals surface area contributed by atoms with E-state index in [0.29, 0.717) is 25.2 Å².